The lowest BCUT2D eigenvalue weighted by atomic mass is 9.76. The van der Waals surface area contributed by atoms with E-state index in [-0.39, 0.29) is 30.6 Å². The highest BCUT2D eigenvalue weighted by Gasteiger charge is 2.43. The Morgan fingerprint density at radius 2 is 1.95 bits per heavy atom. The third-order valence-corrected chi connectivity index (χ3v) is 4.52. The lowest BCUT2D eigenvalue weighted by Gasteiger charge is -2.35. The van der Waals surface area contributed by atoms with Gasteiger partial charge < -0.3 is 5.32 Å². The zero-order chi connectivity index (χ0) is 15.5. The number of nitrogens with one attached hydrogen (secondary N) is 1. The molecule has 1 fully saturated rings. The Morgan fingerprint density at radius 3 is 2.57 bits per heavy atom. The number of halogens is 4. The van der Waals surface area contributed by atoms with Crippen molar-refractivity contribution in [3.05, 3.63) is 35.6 Å². The molecule has 0 spiro atoms. The molecule has 2 rings (SSSR count). The minimum Gasteiger partial charge on any atom is -0.316 e. The molecule has 1 aliphatic carbocycles. The number of hydrogen-bond donors (Lipinski definition) is 1. The monoisotopic (exact) mass is 303 g/mol. The first-order chi connectivity index (χ1) is 9.91. The molecule has 0 heterocycles. The van der Waals surface area contributed by atoms with Gasteiger partial charge in [-0.25, -0.2) is 4.39 Å². The predicted molar refractivity (Wildman–Crippen MR) is 74.5 cm³/mol. The molecule has 21 heavy (non-hydrogen) atoms. The molecule has 0 radical (unpaired) electrons. The van der Waals surface area contributed by atoms with E-state index in [9.17, 15) is 17.6 Å². The molecule has 118 valence electrons. The van der Waals surface area contributed by atoms with Crippen LogP contribution in [0.4, 0.5) is 17.6 Å². The molecule has 1 N–H and O–H groups in total. The van der Waals surface area contributed by atoms with Crippen LogP contribution in [0.1, 0.15) is 31.2 Å². The maximum Gasteiger partial charge on any atom is 0.391 e. The van der Waals surface area contributed by atoms with Crippen LogP contribution in [0.25, 0.3) is 0 Å². The molecule has 1 aromatic carbocycles. The molecule has 0 aromatic heterocycles. The van der Waals surface area contributed by atoms with Crippen LogP contribution >= 0.6 is 0 Å². The van der Waals surface area contributed by atoms with E-state index in [1.165, 1.54) is 6.07 Å². The average molecular weight is 303 g/mol. The Kier molecular flexibility index (Phi) is 5.25. The second kappa shape index (κ2) is 6.77. The summed E-state index contributed by atoms with van der Waals surface area (Å²) in [4.78, 5) is 0. The van der Waals surface area contributed by atoms with E-state index in [0.717, 1.165) is 6.42 Å². The van der Waals surface area contributed by atoms with E-state index in [4.69, 9.17) is 0 Å². The average Bonchev–Trinajstić information content (AvgIpc) is 2.46. The van der Waals surface area contributed by atoms with Gasteiger partial charge in [-0.1, -0.05) is 24.6 Å². The summed E-state index contributed by atoms with van der Waals surface area (Å²) < 4.78 is 52.4. The summed E-state index contributed by atoms with van der Waals surface area (Å²) in [5.74, 6) is -1.57. The van der Waals surface area contributed by atoms with Gasteiger partial charge in [0, 0.05) is 6.04 Å². The van der Waals surface area contributed by atoms with Gasteiger partial charge in [-0.3, -0.25) is 0 Å². The maximum atomic E-state index is 13.7. The summed E-state index contributed by atoms with van der Waals surface area (Å²) in [5.41, 5.74) is 0.561. The summed E-state index contributed by atoms with van der Waals surface area (Å²) in [6.07, 6.45) is -1.97. The molecule has 1 nitrogen and oxygen atoms in total. The van der Waals surface area contributed by atoms with Gasteiger partial charge in [0.1, 0.15) is 5.82 Å². The van der Waals surface area contributed by atoms with Gasteiger partial charge in [0.05, 0.1) is 5.92 Å². The van der Waals surface area contributed by atoms with Gasteiger partial charge in [-0.15, -0.1) is 0 Å². The highest BCUT2D eigenvalue weighted by Crippen LogP contribution is 2.41. The van der Waals surface area contributed by atoms with Crippen LogP contribution in [0.2, 0.25) is 0 Å². The van der Waals surface area contributed by atoms with Gasteiger partial charge in [-0.2, -0.15) is 13.2 Å². The van der Waals surface area contributed by atoms with Crippen LogP contribution in [0.15, 0.2) is 24.3 Å². The van der Waals surface area contributed by atoms with Gasteiger partial charge in [0.25, 0.3) is 0 Å². The predicted octanol–water partition coefficient (Wildman–Crippen LogP) is 4.32. The molecular weight excluding hydrogens is 282 g/mol. The fourth-order valence-electron chi connectivity index (χ4n) is 3.30. The fourth-order valence-corrected chi connectivity index (χ4v) is 3.30. The van der Waals surface area contributed by atoms with Crippen molar-refractivity contribution in [1.82, 2.24) is 5.32 Å². The molecule has 1 aliphatic rings. The van der Waals surface area contributed by atoms with E-state index in [1.807, 2.05) is 0 Å². The van der Waals surface area contributed by atoms with E-state index in [2.05, 4.69) is 5.32 Å². The van der Waals surface area contributed by atoms with Crippen LogP contribution in [0.5, 0.6) is 0 Å². The standard InChI is InChI=1S/C16H21F4N/c1-21-15(10-11-5-2-3-8-14(11)17)12-6-4-7-13(9-12)16(18,19)20/h2-3,5,8,12-13,15,21H,4,6-7,9-10H2,1H3. The Bertz CT molecular complexity index is 458. The van der Waals surface area contributed by atoms with Crippen LogP contribution in [0, 0.1) is 17.7 Å². The topological polar surface area (TPSA) is 12.0 Å². The SMILES string of the molecule is CNC(Cc1ccccc1F)C1CCCC(C(F)(F)F)C1. The van der Waals surface area contributed by atoms with E-state index >= 15 is 0 Å². The highest BCUT2D eigenvalue weighted by atomic mass is 19.4. The number of likely N-dealkylation sites (N-methyl/N-ethyl adjacent to an activating group) is 1. The first-order valence-corrected chi connectivity index (χ1v) is 7.39. The van der Waals surface area contributed by atoms with Gasteiger partial charge in [0.15, 0.2) is 0 Å². The molecule has 0 bridgehead atoms. The van der Waals surface area contributed by atoms with Crippen molar-refractivity contribution >= 4 is 0 Å². The van der Waals surface area contributed by atoms with Crippen molar-refractivity contribution in [2.24, 2.45) is 11.8 Å². The Hall–Kier alpha value is -1.10. The third kappa shape index (κ3) is 4.19. The summed E-state index contributed by atoms with van der Waals surface area (Å²) in [6, 6.07) is 6.34. The highest BCUT2D eigenvalue weighted by molar-refractivity contribution is 5.18. The van der Waals surface area contributed by atoms with Gasteiger partial charge >= 0.3 is 6.18 Å². The largest absolute Gasteiger partial charge is 0.391 e. The molecule has 3 atom stereocenters. The summed E-state index contributed by atoms with van der Waals surface area (Å²) in [6.45, 7) is 0. The number of alkyl halides is 3. The van der Waals surface area contributed by atoms with Crippen molar-refractivity contribution in [2.75, 3.05) is 7.05 Å². The lowest BCUT2D eigenvalue weighted by molar-refractivity contribution is -0.186. The van der Waals surface area contributed by atoms with Crippen molar-refractivity contribution in [3.8, 4) is 0 Å². The quantitative estimate of drug-likeness (QED) is 0.817. The van der Waals surface area contributed by atoms with E-state index in [0.29, 0.717) is 18.4 Å². The summed E-state index contributed by atoms with van der Waals surface area (Å²) in [7, 11) is 1.74. The Labute approximate surface area is 122 Å². The molecule has 0 aliphatic heterocycles. The molecule has 0 amide bonds. The maximum absolute atomic E-state index is 13.7. The van der Waals surface area contributed by atoms with E-state index < -0.39 is 12.1 Å². The second-order valence-electron chi connectivity index (χ2n) is 5.86. The number of hydrogen-bond acceptors (Lipinski definition) is 1. The molecule has 5 heteroatoms. The zero-order valence-corrected chi connectivity index (χ0v) is 12.1. The number of benzene rings is 1. The third-order valence-electron chi connectivity index (χ3n) is 4.52. The number of rotatable bonds is 4. The first-order valence-electron chi connectivity index (χ1n) is 7.39. The summed E-state index contributed by atoms with van der Waals surface area (Å²) in [5, 5.41) is 3.09. The second-order valence-corrected chi connectivity index (χ2v) is 5.86. The molecule has 1 aromatic rings. The van der Waals surface area contributed by atoms with Crippen molar-refractivity contribution in [3.63, 3.8) is 0 Å². The summed E-state index contributed by atoms with van der Waals surface area (Å²) >= 11 is 0. The van der Waals surface area contributed by atoms with Gasteiger partial charge in [-0.05, 0) is 50.3 Å². The van der Waals surface area contributed by atoms with Crippen molar-refractivity contribution in [2.45, 2.75) is 44.3 Å². The van der Waals surface area contributed by atoms with Crippen molar-refractivity contribution in [1.29, 1.82) is 0 Å². The Balaban J connectivity index is 2.05. The zero-order valence-electron chi connectivity index (χ0n) is 12.1. The minimum atomic E-state index is -4.12. The van der Waals surface area contributed by atoms with Crippen LogP contribution in [-0.4, -0.2) is 19.3 Å². The first kappa shape index (κ1) is 16.3. The molecule has 0 saturated heterocycles. The molecule has 1 saturated carbocycles. The normalized spacial score (nSPS) is 24.8. The Morgan fingerprint density at radius 1 is 1.24 bits per heavy atom. The lowest BCUT2D eigenvalue weighted by Crippen LogP contribution is -2.40. The molecular formula is C16H21F4N. The smallest absolute Gasteiger partial charge is 0.316 e. The minimum absolute atomic E-state index is 0.0602. The van der Waals surface area contributed by atoms with Crippen LogP contribution in [0.3, 0.4) is 0 Å². The van der Waals surface area contributed by atoms with Gasteiger partial charge in [0.2, 0.25) is 0 Å². The van der Waals surface area contributed by atoms with Crippen molar-refractivity contribution < 1.29 is 17.6 Å². The van der Waals surface area contributed by atoms with E-state index in [1.54, 1.807) is 25.2 Å². The van der Waals surface area contributed by atoms with Crippen LogP contribution in [-0.2, 0) is 6.42 Å². The van der Waals surface area contributed by atoms with Crippen LogP contribution < -0.4 is 5.32 Å². The fraction of sp³-hybridized carbons (Fsp3) is 0.625. The molecule has 3 unspecified atom stereocenters.